The van der Waals surface area contributed by atoms with Crippen LogP contribution in [0.2, 0.25) is 25.7 Å². The minimum absolute atomic E-state index is 0.206. The Kier molecular flexibility index (Phi) is 6.10. The number of rotatable bonds is 7. The summed E-state index contributed by atoms with van der Waals surface area (Å²) in [6.45, 7) is 9.40. The van der Waals surface area contributed by atoms with Gasteiger partial charge < -0.3 is 10.1 Å². The van der Waals surface area contributed by atoms with E-state index in [1.54, 1.807) is 14.0 Å². The van der Waals surface area contributed by atoms with E-state index in [0.29, 0.717) is 12.4 Å². The first-order valence-electron chi connectivity index (χ1n) is 6.90. The fraction of sp³-hybridized carbons (Fsp3) is 0.615. The first-order chi connectivity index (χ1) is 9.76. The van der Waals surface area contributed by atoms with Crippen molar-refractivity contribution < 1.29 is 4.74 Å². The minimum atomic E-state index is -1.13. The zero-order valence-electron chi connectivity index (χ0n) is 13.3. The normalized spacial score (nSPS) is 12.0. The maximum absolute atomic E-state index is 11.9. The lowest BCUT2D eigenvalue weighted by molar-refractivity contribution is 0.166. The largest absolute Gasteiger partial charge is 0.362 e. The summed E-state index contributed by atoms with van der Waals surface area (Å²) < 4.78 is 6.79. The number of aliphatic imine (C=N–C) groups is 1. The molecule has 1 aromatic rings. The standard InChI is InChI=1S/C13H24N4O3Si/c1-6-14-11-10(12(18)16-13(19)17(11)2)15-9-20-7-8-21(3,4)5/h6,15H,7-9H2,1-5H3,(H,16,18,19)/b14-6-. The molecule has 118 valence electrons. The van der Waals surface area contributed by atoms with Crippen LogP contribution < -0.4 is 16.6 Å². The van der Waals surface area contributed by atoms with Crippen molar-refractivity contribution in [2.75, 3.05) is 18.7 Å². The molecule has 0 aromatic carbocycles. The molecular formula is C13H24N4O3Si. The molecule has 1 heterocycles. The van der Waals surface area contributed by atoms with E-state index in [1.807, 2.05) is 0 Å². The zero-order valence-corrected chi connectivity index (χ0v) is 14.3. The van der Waals surface area contributed by atoms with E-state index < -0.39 is 19.3 Å². The highest BCUT2D eigenvalue weighted by Crippen LogP contribution is 2.17. The van der Waals surface area contributed by atoms with Gasteiger partial charge in [0, 0.05) is 27.9 Å². The number of H-pyrrole nitrogens is 1. The molecule has 1 rings (SSSR count). The number of nitrogens with one attached hydrogen (secondary N) is 2. The van der Waals surface area contributed by atoms with E-state index >= 15 is 0 Å². The van der Waals surface area contributed by atoms with Crippen molar-refractivity contribution in [3.8, 4) is 0 Å². The number of ether oxygens (including phenoxy) is 1. The van der Waals surface area contributed by atoms with Gasteiger partial charge in [-0.1, -0.05) is 19.6 Å². The number of aromatic nitrogens is 2. The average Bonchev–Trinajstić information content (AvgIpc) is 2.37. The third-order valence-electron chi connectivity index (χ3n) is 2.89. The predicted molar refractivity (Wildman–Crippen MR) is 88.7 cm³/mol. The monoisotopic (exact) mass is 312 g/mol. The van der Waals surface area contributed by atoms with Crippen LogP contribution in [-0.4, -0.2) is 37.2 Å². The third kappa shape index (κ3) is 5.31. The van der Waals surface area contributed by atoms with Crippen LogP contribution in [0.15, 0.2) is 14.6 Å². The summed E-state index contributed by atoms with van der Waals surface area (Å²) >= 11 is 0. The number of aromatic amines is 1. The number of nitrogens with zero attached hydrogens (tertiary/aromatic N) is 2. The lowest BCUT2D eigenvalue weighted by Crippen LogP contribution is -2.31. The summed E-state index contributed by atoms with van der Waals surface area (Å²) in [5.41, 5.74) is -0.749. The molecule has 0 aliphatic carbocycles. The molecule has 0 spiro atoms. The second-order valence-corrected chi connectivity index (χ2v) is 11.6. The lowest BCUT2D eigenvalue weighted by Gasteiger charge is -2.16. The molecule has 0 aliphatic heterocycles. The van der Waals surface area contributed by atoms with Crippen molar-refractivity contribution in [3.63, 3.8) is 0 Å². The number of anilines is 1. The van der Waals surface area contributed by atoms with Crippen LogP contribution in [0, 0.1) is 0 Å². The van der Waals surface area contributed by atoms with Crippen LogP contribution in [-0.2, 0) is 11.8 Å². The fourth-order valence-electron chi connectivity index (χ4n) is 1.62. The molecule has 0 saturated heterocycles. The van der Waals surface area contributed by atoms with E-state index in [1.165, 1.54) is 10.8 Å². The second-order valence-electron chi connectivity index (χ2n) is 5.94. The predicted octanol–water partition coefficient (Wildman–Crippen LogP) is 1.52. The molecule has 0 aliphatic rings. The molecule has 7 nitrogen and oxygen atoms in total. The van der Waals surface area contributed by atoms with Gasteiger partial charge in [0.05, 0.1) is 0 Å². The summed E-state index contributed by atoms with van der Waals surface area (Å²) in [6, 6.07) is 1.05. The first kappa shape index (κ1) is 17.4. The fourth-order valence-corrected chi connectivity index (χ4v) is 2.37. The molecule has 0 unspecified atom stereocenters. The van der Waals surface area contributed by atoms with Crippen molar-refractivity contribution in [1.29, 1.82) is 0 Å². The average molecular weight is 312 g/mol. The first-order valence-corrected chi connectivity index (χ1v) is 10.6. The van der Waals surface area contributed by atoms with Crippen molar-refractivity contribution in [2.45, 2.75) is 32.6 Å². The minimum Gasteiger partial charge on any atom is -0.362 e. The molecule has 8 heteroatoms. The van der Waals surface area contributed by atoms with Gasteiger partial charge in [0.1, 0.15) is 12.4 Å². The van der Waals surface area contributed by atoms with E-state index in [0.717, 1.165) is 6.04 Å². The SMILES string of the molecule is C/C=N\c1c(NCOCC[Si](C)(C)C)c(=O)[nH]c(=O)n1C. The lowest BCUT2D eigenvalue weighted by atomic mass is 10.4. The maximum atomic E-state index is 11.9. The molecule has 0 radical (unpaired) electrons. The molecule has 0 amide bonds. The Labute approximate surface area is 125 Å². The van der Waals surface area contributed by atoms with Crippen molar-refractivity contribution >= 4 is 25.8 Å². The van der Waals surface area contributed by atoms with Crippen LogP contribution in [0.4, 0.5) is 11.5 Å². The van der Waals surface area contributed by atoms with Crippen molar-refractivity contribution in [1.82, 2.24) is 9.55 Å². The van der Waals surface area contributed by atoms with E-state index in [4.69, 9.17) is 4.74 Å². The van der Waals surface area contributed by atoms with E-state index in [2.05, 4.69) is 34.9 Å². The Bertz CT molecular complexity index is 613. The van der Waals surface area contributed by atoms with Crippen LogP contribution in [0.25, 0.3) is 0 Å². The van der Waals surface area contributed by atoms with Crippen LogP contribution in [0.5, 0.6) is 0 Å². The van der Waals surface area contributed by atoms with E-state index in [9.17, 15) is 9.59 Å². The van der Waals surface area contributed by atoms with Gasteiger partial charge in [-0.15, -0.1) is 0 Å². The quantitative estimate of drug-likeness (QED) is 0.346. The molecular weight excluding hydrogens is 288 g/mol. The highest BCUT2D eigenvalue weighted by Gasteiger charge is 2.13. The zero-order chi connectivity index (χ0) is 16.0. The van der Waals surface area contributed by atoms with Crippen molar-refractivity contribution in [3.05, 3.63) is 20.8 Å². The summed E-state index contributed by atoms with van der Waals surface area (Å²) in [7, 11) is 0.426. The molecule has 21 heavy (non-hydrogen) atoms. The van der Waals surface area contributed by atoms with Crippen molar-refractivity contribution in [2.24, 2.45) is 12.0 Å². The number of hydrogen-bond donors (Lipinski definition) is 2. The second kappa shape index (κ2) is 7.37. The van der Waals surface area contributed by atoms with Gasteiger partial charge in [0.2, 0.25) is 0 Å². The van der Waals surface area contributed by atoms with E-state index in [-0.39, 0.29) is 12.4 Å². The highest BCUT2D eigenvalue weighted by molar-refractivity contribution is 6.76. The smallest absolute Gasteiger partial charge is 0.329 e. The van der Waals surface area contributed by atoms with Crippen LogP contribution >= 0.6 is 0 Å². The Morgan fingerprint density at radius 3 is 2.62 bits per heavy atom. The Hall–Kier alpha value is -1.67. The molecule has 0 saturated carbocycles. The summed E-state index contributed by atoms with van der Waals surface area (Å²) in [5.74, 6) is 0.292. The van der Waals surface area contributed by atoms with Gasteiger partial charge >= 0.3 is 5.69 Å². The highest BCUT2D eigenvalue weighted by atomic mass is 28.3. The molecule has 0 bridgehead atoms. The number of hydrogen-bond acceptors (Lipinski definition) is 5. The Morgan fingerprint density at radius 2 is 2.05 bits per heavy atom. The summed E-state index contributed by atoms with van der Waals surface area (Å²) in [6.07, 6.45) is 1.53. The molecule has 0 atom stereocenters. The van der Waals surface area contributed by atoms with Crippen LogP contribution in [0.1, 0.15) is 6.92 Å². The van der Waals surface area contributed by atoms with Gasteiger partial charge in [-0.3, -0.25) is 14.3 Å². The molecule has 1 aromatic heterocycles. The Balaban J connectivity index is 2.77. The molecule has 0 fully saturated rings. The van der Waals surface area contributed by atoms with Gasteiger partial charge in [0.15, 0.2) is 5.82 Å². The van der Waals surface area contributed by atoms with Gasteiger partial charge in [-0.2, -0.15) is 0 Å². The molecule has 2 N–H and O–H groups in total. The maximum Gasteiger partial charge on any atom is 0.329 e. The summed E-state index contributed by atoms with van der Waals surface area (Å²) in [5, 5.41) is 2.90. The Morgan fingerprint density at radius 1 is 1.38 bits per heavy atom. The van der Waals surface area contributed by atoms with Gasteiger partial charge in [-0.05, 0) is 13.0 Å². The van der Waals surface area contributed by atoms with Crippen LogP contribution in [0.3, 0.4) is 0 Å². The third-order valence-corrected chi connectivity index (χ3v) is 4.60. The van der Waals surface area contributed by atoms with Gasteiger partial charge in [0.25, 0.3) is 5.56 Å². The summed E-state index contributed by atoms with van der Waals surface area (Å²) in [4.78, 5) is 29.7. The topological polar surface area (TPSA) is 88.5 Å². The van der Waals surface area contributed by atoms with Gasteiger partial charge in [-0.25, -0.2) is 9.79 Å².